The van der Waals surface area contributed by atoms with Gasteiger partial charge in [0.2, 0.25) is 0 Å². The summed E-state index contributed by atoms with van der Waals surface area (Å²) in [6, 6.07) is 27.0. The van der Waals surface area contributed by atoms with E-state index in [0.29, 0.717) is 26.1 Å². The van der Waals surface area contributed by atoms with Crippen LogP contribution in [0.5, 0.6) is 0 Å². The lowest BCUT2D eigenvalue weighted by molar-refractivity contribution is 0.103. The fourth-order valence-electron chi connectivity index (χ4n) is 3.67. The van der Waals surface area contributed by atoms with E-state index in [9.17, 15) is 4.79 Å². The molecule has 0 fully saturated rings. The lowest BCUT2D eigenvalue weighted by Crippen LogP contribution is -2.12. The average molecular weight is 490 g/mol. The zero-order valence-electron chi connectivity index (χ0n) is 17.2. The van der Waals surface area contributed by atoms with Crippen LogP contribution in [0.3, 0.4) is 0 Å². The molecule has 0 saturated carbocycles. The number of nitrogen functional groups attached to an aromatic ring is 1. The van der Waals surface area contributed by atoms with Gasteiger partial charge < -0.3 is 11.1 Å². The van der Waals surface area contributed by atoms with E-state index in [1.54, 1.807) is 18.2 Å². The Morgan fingerprint density at radius 3 is 2.24 bits per heavy atom. The van der Waals surface area contributed by atoms with Crippen molar-refractivity contribution in [2.24, 2.45) is 0 Å². The van der Waals surface area contributed by atoms with Crippen LogP contribution in [-0.4, -0.2) is 10.9 Å². The second kappa shape index (κ2) is 8.87. The summed E-state index contributed by atoms with van der Waals surface area (Å²) >= 11 is 13.6. The number of amides is 1. The monoisotopic (exact) mass is 489 g/mol. The highest BCUT2D eigenvalue weighted by Gasteiger charge is 2.22. The molecule has 162 valence electrons. The highest BCUT2D eigenvalue weighted by atomic mass is 35.5. The predicted molar refractivity (Wildman–Crippen MR) is 139 cm³/mol. The molecular formula is C26H17Cl2N3OS. The zero-order valence-corrected chi connectivity index (χ0v) is 19.5. The predicted octanol–water partition coefficient (Wildman–Crippen LogP) is 7.77. The van der Waals surface area contributed by atoms with Crippen LogP contribution in [-0.2, 0) is 0 Å². The second-order valence-electron chi connectivity index (χ2n) is 7.37. The molecule has 0 saturated heterocycles. The molecule has 0 aliphatic carbocycles. The van der Waals surface area contributed by atoms with Crippen molar-refractivity contribution >= 4 is 62.0 Å². The number of thiophene rings is 1. The average Bonchev–Trinajstić information content (AvgIpc) is 3.19. The van der Waals surface area contributed by atoms with Gasteiger partial charge in [-0.05, 0) is 29.3 Å². The molecule has 1 amide bonds. The minimum Gasteiger partial charge on any atom is -0.397 e. The molecule has 7 heteroatoms. The second-order valence-corrected chi connectivity index (χ2v) is 9.15. The van der Waals surface area contributed by atoms with Crippen LogP contribution in [0, 0.1) is 0 Å². The van der Waals surface area contributed by atoms with Gasteiger partial charge in [0, 0.05) is 10.9 Å². The Morgan fingerprint density at radius 1 is 0.879 bits per heavy atom. The fourth-order valence-corrected chi connectivity index (χ4v) is 5.03. The first-order valence-electron chi connectivity index (χ1n) is 10.1. The Bertz CT molecular complexity index is 1480. The maximum Gasteiger partial charge on any atom is 0.267 e. The van der Waals surface area contributed by atoms with Crippen molar-refractivity contribution in [1.82, 2.24) is 4.98 Å². The molecule has 3 aromatic carbocycles. The van der Waals surface area contributed by atoms with Crippen LogP contribution in [0.1, 0.15) is 9.67 Å². The van der Waals surface area contributed by atoms with Crippen LogP contribution in [0.2, 0.25) is 10.0 Å². The van der Waals surface area contributed by atoms with E-state index in [-0.39, 0.29) is 10.9 Å². The third-order valence-electron chi connectivity index (χ3n) is 5.26. The molecule has 0 aliphatic heterocycles. The molecule has 0 aliphatic rings. The molecule has 4 nitrogen and oxygen atoms in total. The van der Waals surface area contributed by atoms with E-state index in [2.05, 4.69) is 5.32 Å². The summed E-state index contributed by atoms with van der Waals surface area (Å²) in [5.74, 6) is -0.361. The van der Waals surface area contributed by atoms with Gasteiger partial charge in [-0.1, -0.05) is 89.9 Å². The number of halogens is 2. The number of pyridine rings is 1. The van der Waals surface area contributed by atoms with Gasteiger partial charge in [-0.15, -0.1) is 11.3 Å². The first-order chi connectivity index (χ1) is 16.0. The summed E-state index contributed by atoms with van der Waals surface area (Å²) in [4.78, 5) is 19.1. The van der Waals surface area contributed by atoms with Crippen molar-refractivity contribution in [3.05, 3.63) is 99.9 Å². The molecule has 0 bridgehead atoms. The molecule has 5 rings (SSSR count). The quantitative estimate of drug-likeness (QED) is 0.270. The van der Waals surface area contributed by atoms with Crippen molar-refractivity contribution in [1.29, 1.82) is 0 Å². The number of rotatable bonds is 4. The maximum atomic E-state index is 13.2. The number of nitrogens with two attached hydrogens (primary N) is 1. The van der Waals surface area contributed by atoms with Gasteiger partial charge in [-0.3, -0.25) is 4.79 Å². The third kappa shape index (κ3) is 4.07. The normalized spacial score (nSPS) is 11.0. The summed E-state index contributed by atoms with van der Waals surface area (Å²) in [7, 11) is 0. The Labute approximate surface area is 204 Å². The minimum atomic E-state index is -0.361. The number of nitrogens with zero attached hydrogens (tertiary/aromatic N) is 1. The maximum absolute atomic E-state index is 13.2. The molecule has 0 unspecified atom stereocenters. The van der Waals surface area contributed by atoms with Crippen LogP contribution < -0.4 is 11.1 Å². The molecule has 5 aromatic rings. The van der Waals surface area contributed by atoms with Gasteiger partial charge in [0.05, 0.1) is 27.1 Å². The minimum absolute atomic E-state index is 0.279. The fraction of sp³-hybridized carbons (Fsp3) is 0. The van der Waals surface area contributed by atoms with E-state index in [4.69, 9.17) is 33.9 Å². The number of benzene rings is 3. The standard InChI is InChI=1S/C26H17Cl2N3OS/c27-18-12-7-13-19(22(18)28)30-25(32)24-23(29)21-17(15-8-3-1-4-9-15)14-20(31-26(21)33-24)16-10-5-2-6-11-16/h1-14H,29H2,(H,30,32). The van der Waals surface area contributed by atoms with Crippen LogP contribution >= 0.6 is 34.5 Å². The lowest BCUT2D eigenvalue weighted by atomic mass is 9.99. The van der Waals surface area contributed by atoms with Gasteiger partial charge in [-0.25, -0.2) is 4.98 Å². The molecule has 2 aromatic heterocycles. The SMILES string of the molecule is Nc1c(C(=O)Nc2cccc(Cl)c2Cl)sc2nc(-c3ccccc3)cc(-c3ccccc3)c12. The Kier molecular flexibility index (Phi) is 5.77. The molecule has 33 heavy (non-hydrogen) atoms. The highest BCUT2D eigenvalue weighted by Crippen LogP contribution is 2.42. The van der Waals surface area contributed by atoms with E-state index in [1.165, 1.54) is 11.3 Å². The molecule has 0 spiro atoms. The number of anilines is 2. The van der Waals surface area contributed by atoms with Crippen molar-refractivity contribution in [3.8, 4) is 22.4 Å². The molecule has 0 atom stereocenters. The van der Waals surface area contributed by atoms with Gasteiger partial charge >= 0.3 is 0 Å². The van der Waals surface area contributed by atoms with Gasteiger partial charge in [0.1, 0.15) is 9.71 Å². The van der Waals surface area contributed by atoms with Crippen molar-refractivity contribution < 1.29 is 4.79 Å². The Balaban J connectivity index is 1.67. The molecular weight excluding hydrogens is 473 g/mol. The van der Waals surface area contributed by atoms with Crippen molar-refractivity contribution in [2.75, 3.05) is 11.1 Å². The number of fused-ring (bicyclic) bond motifs is 1. The van der Waals surface area contributed by atoms with Crippen molar-refractivity contribution in [3.63, 3.8) is 0 Å². The smallest absolute Gasteiger partial charge is 0.267 e. The molecule has 3 N–H and O–H groups in total. The topological polar surface area (TPSA) is 68.0 Å². The Morgan fingerprint density at radius 2 is 1.55 bits per heavy atom. The van der Waals surface area contributed by atoms with Gasteiger partial charge in [0.25, 0.3) is 5.91 Å². The van der Waals surface area contributed by atoms with Crippen LogP contribution in [0.4, 0.5) is 11.4 Å². The highest BCUT2D eigenvalue weighted by molar-refractivity contribution is 7.21. The molecule has 0 radical (unpaired) electrons. The van der Waals surface area contributed by atoms with E-state index < -0.39 is 0 Å². The third-order valence-corrected chi connectivity index (χ3v) is 7.18. The summed E-state index contributed by atoms with van der Waals surface area (Å²) < 4.78 is 0. The van der Waals surface area contributed by atoms with E-state index >= 15 is 0 Å². The summed E-state index contributed by atoms with van der Waals surface area (Å²) in [5.41, 5.74) is 11.1. The van der Waals surface area contributed by atoms with Gasteiger partial charge in [-0.2, -0.15) is 0 Å². The lowest BCUT2D eigenvalue weighted by Gasteiger charge is -2.09. The van der Waals surface area contributed by atoms with Gasteiger partial charge in [0.15, 0.2) is 0 Å². The molecule has 2 heterocycles. The first kappa shape index (κ1) is 21.5. The number of hydrogen-bond acceptors (Lipinski definition) is 4. The van der Waals surface area contributed by atoms with Crippen LogP contribution in [0.25, 0.3) is 32.6 Å². The Hall–Kier alpha value is -3.38. The largest absolute Gasteiger partial charge is 0.397 e. The summed E-state index contributed by atoms with van der Waals surface area (Å²) in [6.45, 7) is 0. The number of hydrogen-bond donors (Lipinski definition) is 2. The number of aromatic nitrogens is 1. The summed E-state index contributed by atoms with van der Waals surface area (Å²) in [5, 5.41) is 4.22. The summed E-state index contributed by atoms with van der Waals surface area (Å²) in [6.07, 6.45) is 0. The van der Waals surface area contributed by atoms with Crippen LogP contribution in [0.15, 0.2) is 84.9 Å². The first-order valence-corrected chi connectivity index (χ1v) is 11.7. The number of carbonyl (C=O) groups excluding carboxylic acids is 1. The van der Waals surface area contributed by atoms with E-state index in [0.717, 1.165) is 27.8 Å². The number of nitrogens with one attached hydrogen (secondary N) is 1. The number of carbonyl (C=O) groups is 1. The van der Waals surface area contributed by atoms with Crippen molar-refractivity contribution in [2.45, 2.75) is 0 Å². The van der Waals surface area contributed by atoms with E-state index in [1.807, 2.05) is 66.7 Å². The zero-order chi connectivity index (χ0) is 22.9.